The molecule has 2 aliphatic heterocycles. The molecule has 11 atom stereocenters. The van der Waals surface area contributed by atoms with Crippen molar-refractivity contribution in [3.05, 3.63) is 35.9 Å². The van der Waals surface area contributed by atoms with Gasteiger partial charge in [-0.1, -0.05) is 71.4 Å². The molecular weight excluding hydrogens is 755 g/mol. The second-order valence-corrected chi connectivity index (χ2v) is 18.5. The summed E-state index contributed by atoms with van der Waals surface area (Å²) in [6.45, 7) is 15.3. The highest BCUT2D eigenvalue weighted by Gasteiger charge is 2.53. The van der Waals surface area contributed by atoms with E-state index in [4.69, 9.17) is 14.2 Å². The molecule has 5 amide bonds. The third kappa shape index (κ3) is 11.8. The lowest BCUT2D eigenvalue weighted by atomic mass is 9.89. The van der Waals surface area contributed by atoms with Crippen LogP contribution in [-0.2, 0) is 39.8 Å². The number of likely N-dealkylation sites (tertiary alicyclic amines) is 2. The molecule has 59 heavy (non-hydrogen) atoms. The summed E-state index contributed by atoms with van der Waals surface area (Å²) in [5.74, 6) is -2.05. The van der Waals surface area contributed by atoms with Crippen LogP contribution in [0.1, 0.15) is 106 Å². The van der Waals surface area contributed by atoms with Gasteiger partial charge in [0.15, 0.2) is 0 Å². The summed E-state index contributed by atoms with van der Waals surface area (Å²) in [5, 5.41) is 16.1. The quantitative estimate of drug-likeness (QED) is 0.181. The SMILES string of the molecule is CC[C@H](C)[C@@H]([C@@H](CC(=O)N1CCC[C@H]1[C@H](OC)[C@@H](C)C(=O)N[C@H](CO)Cc1ccccc1)OC)N(C)C(=O)[C@@H](NC(=O)[C@@H]1[C@H]2CC[C@H](C2)N1C(=O)OC(C)(C)C)C(C)C. The lowest BCUT2D eigenvalue weighted by molar-refractivity contribution is -0.148. The number of carbonyl (C=O) groups is 5. The Morgan fingerprint density at radius 1 is 0.966 bits per heavy atom. The van der Waals surface area contributed by atoms with Crippen molar-refractivity contribution in [1.29, 1.82) is 0 Å². The minimum absolute atomic E-state index is 0.00496. The normalized spacial score (nSPS) is 23.9. The van der Waals surface area contributed by atoms with E-state index >= 15 is 0 Å². The van der Waals surface area contributed by atoms with Crippen LogP contribution in [-0.4, -0.2) is 138 Å². The maximum absolute atomic E-state index is 14.5. The van der Waals surface area contributed by atoms with Crippen LogP contribution in [0, 0.1) is 23.7 Å². The number of piperidine rings is 1. The van der Waals surface area contributed by atoms with Gasteiger partial charge in [0, 0.05) is 33.9 Å². The summed E-state index contributed by atoms with van der Waals surface area (Å²) in [6, 6.07) is 6.63. The molecule has 3 fully saturated rings. The second-order valence-electron chi connectivity index (χ2n) is 18.5. The first kappa shape index (κ1) is 47.9. The predicted octanol–water partition coefficient (Wildman–Crippen LogP) is 4.56. The van der Waals surface area contributed by atoms with Crippen LogP contribution in [0.15, 0.2) is 30.3 Å². The molecular formula is C45H73N5O9. The topological polar surface area (TPSA) is 167 Å². The van der Waals surface area contributed by atoms with Gasteiger partial charge in [-0.3, -0.25) is 24.1 Å². The number of fused-ring (bicyclic) bond motifs is 2. The molecule has 332 valence electrons. The van der Waals surface area contributed by atoms with E-state index in [-0.39, 0.29) is 66.5 Å². The first-order valence-corrected chi connectivity index (χ1v) is 21.8. The number of hydrogen-bond donors (Lipinski definition) is 3. The highest BCUT2D eigenvalue weighted by molar-refractivity contribution is 5.92. The van der Waals surface area contributed by atoms with Crippen molar-refractivity contribution in [3.8, 4) is 0 Å². The molecule has 4 rings (SSSR count). The van der Waals surface area contributed by atoms with Crippen molar-refractivity contribution >= 4 is 29.7 Å². The number of methoxy groups -OCH3 is 2. The largest absolute Gasteiger partial charge is 0.444 e. The average molecular weight is 828 g/mol. The van der Waals surface area contributed by atoms with E-state index in [1.54, 1.807) is 63.7 Å². The molecule has 1 aromatic carbocycles. The van der Waals surface area contributed by atoms with Crippen LogP contribution in [0.2, 0.25) is 0 Å². The Hall–Kier alpha value is -3.75. The summed E-state index contributed by atoms with van der Waals surface area (Å²) in [7, 11) is 4.81. The number of aliphatic hydroxyl groups excluding tert-OH is 1. The number of hydrogen-bond acceptors (Lipinski definition) is 9. The molecule has 3 N–H and O–H groups in total. The van der Waals surface area contributed by atoms with Crippen LogP contribution < -0.4 is 10.6 Å². The predicted molar refractivity (Wildman–Crippen MR) is 225 cm³/mol. The number of rotatable bonds is 19. The molecule has 2 bridgehead atoms. The summed E-state index contributed by atoms with van der Waals surface area (Å²) in [6.07, 6.45) is 3.17. The number of nitrogens with one attached hydrogen (secondary N) is 2. The minimum atomic E-state index is -0.886. The van der Waals surface area contributed by atoms with Crippen LogP contribution in [0.5, 0.6) is 0 Å². The Bertz CT molecular complexity index is 1570. The lowest BCUT2D eigenvalue weighted by Gasteiger charge is -2.41. The van der Waals surface area contributed by atoms with Gasteiger partial charge in [-0.05, 0) is 82.6 Å². The second kappa shape index (κ2) is 21.2. The number of amides is 5. The van der Waals surface area contributed by atoms with E-state index in [1.165, 1.54) is 0 Å². The Morgan fingerprint density at radius 3 is 2.22 bits per heavy atom. The summed E-state index contributed by atoms with van der Waals surface area (Å²) in [4.78, 5) is 74.8. The van der Waals surface area contributed by atoms with Gasteiger partial charge < -0.3 is 39.8 Å². The van der Waals surface area contributed by atoms with Crippen molar-refractivity contribution in [3.63, 3.8) is 0 Å². The molecule has 1 saturated carbocycles. The number of ether oxygens (including phenoxy) is 3. The summed E-state index contributed by atoms with van der Waals surface area (Å²) in [5.41, 5.74) is 0.283. The van der Waals surface area contributed by atoms with Crippen LogP contribution in [0.3, 0.4) is 0 Å². The van der Waals surface area contributed by atoms with Crippen molar-refractivity contribution in [1.82, 2.24) is 25.3 Å². The third-order valence-corrected chi connectivity index (χ3v) is 12.8. The number of likely N-dealkylation sites (N-methyl/N-ethyl adjacent to an activating group) is 1. The maximum Gasteiger partial charge on any atom is 0.411 e. The highest BCUT2D eigenvalue weighted by Crippen LogP contribution is 2.43. The summed E-state index contributed by atoms with van der Waals surface area (Å²) >= 11 is 0. The molecule has 0 aromatic heterocycles. The van der Waals surface area contributed by atoms with Gasteiger partial charge >= 0.3 is 6.09 Å². The minimum Gasteiger partial charge on any atom is -0.444 e. The third-order valence-electron chi connectivity index (χ3n) is 12.8. The Labute approximate surface area is 352 Å². The average Bonchev–Trinajstić information content (AvgIpc) is 3.96. The molecule has 14 heteroatoms. The van der Waals surface area contributed by atoms with Gasteiger partial charge in [0.1, 0.15) is 17.7 Å². The highest BCUT2D eigenvalue weighted by atomic mass is 16.6. The number of carbonyl (C=O) groups excluding carboxylic acids is 5. The smallest absolute Gasteiger partial charge is 0.411 e. The maximum atomic E-state index is 14.5. The zero-order valence-electron chi connectivity index (χ0n) is 37.4. The van der Waals surface area contributed by atoms with Gasteiger partial charge in [-0.2, -0.15) is 0 Å². The Morgan fingerprint density at radius 2 is 1.64 bits per heavy atom. The standard InChI is InChI=1S/C45H73N5O9/c1-12-28(4)38(48(9)43(55)37(27(2)3)47-42(54)39-31-20-21-33(24-31)50(39)44(56)59-45(6,7)8)35(57-10)25-36(52)49-22-16-19-34(49)40(58-11)29(5)41(53)46-32(26-51)23-30-17-14-13-15-18-30/h13-15,17-18,27-29,31-35,37-40,51H,12,16,19-26H2,1-11H3,(H,46,53)(H,47,54)/t28-,29+,31-,32-,33+,34-,35+,37-,38-,39-,40+/m0/s1. The molecule has 1 aliphatic carbocycles. The number of aliphatic hydroxyl groups is 1. The summed E-state index contributed by atoms with van der Waals surface area (Å²) < 4.78 is 17.7. The fourth-order valence-electron chi connectivity index (χ4n) is 9.57. The molecule has 0 spiro atoms. The van der Waals surface area contributed by atoms with Crippen molar-refractivity contribution in [2.75, 3.05) is 34.4 Å². The van der Waals surface area contributed by atoms with Gasteiger partial charge in [-0.25, -0.2) is 4.79 Å². The Balaban J connectivity index is 1.47. The first-order chi connectivity index (χ1) is 27.9. The van der Waals surface area contributed by atoms with Gasteiger partial charge in [0.25, 0.3) is 0 Å². The molecule has 3 aliphatic rings. The van der Waals surface area contributed by atoms with Gasteiger partial charge in [-0.15, -0.1) is 0 Å². The monoisotopic (exact) mass is 828 g/mol. The van der Waals surface area contributed by atoms with E-state index in [2.05, 4.69) is 10.6 Å². The van der Waals surface area contributed by atoms with E-state index in [9.17, 15) is 29.1 Å². The fourth-order valence-corrected chi connectivity index (χ4v) is 9.57. The van der Waals surface area contributed by atoms with Crippen LogP contribution in [0.4, 0.5) is 4.79 Å². The van der Waals surface area contributed by atoms with Crippen LogP contribution in [0.25, 0.3) is 0 Å². The van der Waals surface area contributed by atoms with E-state index in [1.807, 2.05) is 58.0 Å². The van der Waals surface area contributed by atoms with Crippen molar-refractivity contribution < 1.29 is 43.3 Å². The molecule has 0 unspecified atom stereocenters. The van der Waals surface area contributed by atoms with E-state index < -0.39 is 54.0 Å². The van der Waals surface area contributed by atoms with E-state index in [0.717, 1.165) is 31.2 Å². The van der Waals surface area contributed by atoms with Crippen molar-refractivity contribution in [2.24, 2.45) is 23.7 Å². The van der Waals surface area contributed by atoms with Gasteiger partial charge in [0.2, 0.25) is 23.6 Å². The fraction of sp³-hybridized carbons (Fsp3) is 0.756. The Kier molecular flexibility index (Phi) is 17.2. The lowest BCUT2D eigenvalue weighted by Crippen LogP contribution is -2.61. The number of benzene rings is 1. The van der Waals surface area contributed by atoms with Gasteiger partial charge in [0.05, 0.1) is 49.3 Å². The van der Waals surface area contributed by atoms with Crippen LogP contribution >= 0.6 is 0 Å². The molecule has 14 nitrogen and oxygen atoms in total. The number of nitrogens with zero attached hydrogens (tertiary/aromatic N) is 3. The zero-order valence-corrected chi connectivity index (χ0v) is 37.4. The molecule has 1 aromatic rings. The van der Waals surface area contributed by atoms with Crippen molar-refractivity contribution in [2.45, 2.75) is 161 Å². The first-order valence-electron chi connectivity index (χ1n) is 21.8. The molecule has 2 saturated heterocycles. The van der Waals surface area contributed by atoms with E-state index in [0.29, 0.717) is 25.8 Å². The molecule has 2 heterocycles. The zero-order chi connectivity index (χ0) is 43.8. The molecule has 0 radical (unpaired) electrons.